The van der Waals surface area contributed by atoms with Crippen molar-refractivity contribution in [3.05, 3.63) is 59.7 Å². The molecule has 0 fully saturated rings. The third-order valence-electron chi connectivity index (χ3n) is 2.88. The molecule has 102 valence electrons. The molecule has 0 atom stereocenters. The monoisotopic (exact) mass is 269 g/mol. The molecule has 0 aliphatic carbocycles. The molecule has 20 heavy (non-hydrogen) atoms. The van der Waals surface area contributed by atoms with Crippen molar-refractivity contribution in [2.45, 2.75) is 13.3 Å². The summed E-state index contributed by atoms with van der Waals surface area (Å²) in [6.45, 7) is 1.46. The number of para-hydroxylation sites is 1. The highest BCUT2D eigenvalue weighted by molar-refractivity contribution is 6.04. The van der Waals surface area contributed by atoms with E-state index in [9.17, 15) is 14.7 Å². The van der Waals surface area contributed by atoms with E-state index in [0.717, 1.165) is 5.56 Å². The molecule has 0 radical (unpaired) electrons. The van der Waals surface area contributed by atoms with Crippen LogP contribution in [0.4, 0.5) is 5.69 Å². The molecule has 1 amide bonds. The number of carbonyl (C=O) groups excluding carboxylic acids is 2. The number of rotatable bonds is 4. The van der Waals surface area contributed by atoms with Crippen LogP contribution in [-0.4, -0.2) is 16.8 Å². The number of hydrogen-bond donors (Lipinski definition) is 2. The van der Waals surface area contributed by atoms with Gasteiger partial charge in [-0.1, -0.05) is 24.3 Å². The Bertz CT molecular complexity index is 632. The minimum atomic E-state index is -0.204. The first-order valence-corrected chi connectivity index (χ1v) is 6.24. The van der Waals surface area contributed by atoms with Crippen molar-refractivity contribution in [3.8, 4) is 5.75 Å². The lowest BCUT2D eigenvalue weighted by Crippen LogP contribution is -2.16. The third-order valence-corrected chi connectivity index (χ3v) is 2.88. The Kier molecular flexibility index (Phi) is 4.15. The minimum absolute atomic E-state index is 0.0921. The number of ketones is 1. The Labute approximate surface area is 117 Å². The van der Waals surface area contributed by atoms with Crippen LogP contribution in [0, 0.1) is 0 Å². The number of nitrogens with one attached hydrogen (secondary N) is 1. The van der Waals surface area contributed by atoms with Gasteiger partial charge in [0.25, 0.3) is 0 Å². The van der Waals surface area contributed by atoms with Crippen LogP contribution in [0.15, 0.2) is 48.5 Å². The third kappa shape index (κ3) is 3.45. The fraction of sp³-hybridized carbons (Fsp3) is 0.125. The number of phenolic OH excluding ortho intramolecular Hbond substituents is 1. The van der Waals surface area contributed by atoms with Gasteiger partial charge in [0.2, 0.25) is 5.91 Å². The highest BCUT2D eigenvalue weighted by atomic mass is 16.3. The van der Waals surface area contributed by atoms with E-state index < -0.39 is 0 Å². The Morgan fingerprint density at radius 2 is 1.70 bits per heavy atom. The van der Waals surface area contributed by atoms with Crippen LogP contribution >= 0.6 is 0 Å². The molecule has 0 aliphatic heterocycles. The molecular weight excluding hydrogens is 254 g/mol. The molecule has 2 rings (SSSR count). The van der Waals surface area contributed by atoms with Crippen molar-refractivity contribution in [2.75, 3.05) is 5.32 Å². The van der Waals surface area contributed by atoms with Crippen LogP contribution in [-0.2, 0) is 11.2 Å². The van der Waals surface area contributed by atoms with E-state index >= 15 is 0 Å². The first-order chi connectivity index (χ1) is 9.56. The van der Waals surface area contributed by atoms with Crippen LogP contribution in [0.2, 0.25) is 0 Å². The van der Waals surface area contributed by atoms with Crippen molar-refractivity contribution in [1.82, 2.24) is 0 Å². The van der Waals surface area contributed by atoms with Crippen molar-refractivity contribution in [3.63, 3.8) is 0 Å². The molecule has 0 spiro atoms. The normalized spacial score (nSPS) is 10.1. The van der Waals surface area contributed by atoms with Gasteiger partial charge in [-0.15, -0.1) is 0 Å². The second kappa shape index (κ2) is 6.02. The zero-order valence-electron chi connectivity index (χ0n) is 11.1. The number of anilines is 1. The van der Waals surface area contributed by atoms with Crippen LogP contribution in [0.1, 0.15) is 22.8 Å². The molecule has 0 aliphatic rings. The number of aromatic hydroxyl groups is 1. The molecule has 4 heteroatoms. The van der Waals surface area contributed by atoms with E-state index in [1.807, 2.05) is 0 Å². The molecule has 0 bridgehead atoms. The summed E-state index contributed by atoms with van der Waals surface area (Å²) < 4.78 is 0. The average molecular weight is 269 g/mol. The van der Waals surface area contributed by atoms with Gasteiger partial charge in [0.05, 0.1) is 12.1 Å². The van der Waals surface area contributed by atoms with E-state index in [0.29, 0.717) is 11.3 Å². The molecule has 2 aromatic carbocycles. The zero-order chi connectivity index (χ0) is 14.5. The Morgan fingerprint density at radius 3 is 2.35 bits per heavy atom. The van der Waals surface area contributed by atoms with Gasteiger partial charge in [-0.05, 0) is 36.8 Å². The lowest BCUT2D eigenvalue weighted by atomic mass is 10.1. The second-order valence-electron chi connectivity index (χ2n) is 4.49. The van der Waals surface area contributed by atoms with Crippen LogP contribution < -0.4 is 5.32 Å². The summed E-state index contributed by atoms with van der Waals surface area (Å²) in [5.41, 5.74) is 1.80. The maximum absolute atomic E-state index is 12.0. The summed E-state index contributed by atoms with van der Waals surface area (Å²) in [5, 5.41) is 11.9. The molecular formula is C16H15NO3. The van der Waals surface area contributed by atoms with Gasteiger partial charge in [-0.2, -0.15) is 0 Å². The van der Waals surface area contributed by atoms with Gasteiger partial charge >= 0.3 is 0 Å². The predicted octanol–water partition coefficient (Wildman–Crippen LogP) is 2.78. The van der Waals surface area contributed by atoms with E-state index in [1.165, 1.54) is 19.1 Å². The van der Waals surface area contributed by atoms with Gasteiger partial charge in [-0.25, -0.2) is 0 Å². The first kappa shape index (κ1) is 13.8. The predicted molar refractivity (Wildman–Crippen MR) is 76.9 cm³/mol. The summed E-state index contributed by atoms with van der Waals surface area (Å²) in [6, 6.07) is 13.3. The molecule has 0 unspecified atom stereocenters. The van der Waals surface area contributed by atoms with Crippen molar-refractivity contribution in [2.24, 2.45) is 0 Å². The SMILES string of the molecule is CC(=O)c1ccccc1NC(=O)Cc1ccc(O)cc1. The van der Waals surface area contributed by atoms with Gasteiger partial charge in [0, 0.05) is 5.56 Å². The average Bonchev–Trinajstić information content (AvgIpc) is 2.41. The topological polar surface area (TPSA) is 66.4 Å². The highest BCUT2D eigenvalue weighted by Gasteiger charge is 2.10. The summed E-state index contributed by atoms with van der Waals surface area (Å²) in [6.07, 6.45) is 0.187. The number of amides is 1. The Hall–Kier alpha value is -2.62. The number of phenols is 1. The molecule has 0 saturated heterocycles. The fourth-order valence-electron chi connectivity index (χ4n) is 1.89. The van der Waals surface area contributed by atoms with E-state index in [4.69, 9.17) is 0 Å². The second-order valence-corrected chi connectivity index (χ2v) is 4.49. The number of benzene rings is 2. The summed E-state index contributed by atoms with van der Waals surface area (Å²) in [7, 11) is 0. The van der Waals surface area contributed by atoms with E-state index in [1.54, 1.807) is 36.4 Å². The Morgan fingerprint density at radius 1 is 1.05 bits per heavy atom. The maximum Gasteiger partial charge on any atom is 0.228 e. The fourth-order valence-corrected chi connectivity index (χ4v) is 1.89. The first-order valence-electron chi connectivity index (χ1n) is 6.24. The standard InChI is InChI=1S/C16H15NO3/c1-11(18)14-4-2-3-5-15(14)17-16(20)10-12-6-8-13(19)9-7-12/h2-9,19H,10H2,1H3,(H,17,20). The summed E-state index contributed by atoms with van der Waals surface area (Å²) in [4.78, 5) is 23.4. The largest absolute Gasteiger partial charge is 0.508 e. The number of hydrogen-bond acceptors (Lipinski definition) is 3. The maximum atomic E-state index is 12.0. The quantitative estimate of drug-likeness (QED) is 0.839. The van der Waals surface area contributed by atoms with E-state index in [2.05, 4.69) is 5.32 Å². The van der Waals surface area contributed by atoms with Crippen LogP contribution in [0.3, 0.4) is 0 Å². The zero-order valence-corrected chi connectivity index (χ0v) is 11.1. The number of Topliss-reactive ketones (excluding diaryl/α,β-unsaturated/α-hetero) is 1. The van der Waals surface area contributed by atoms with Gasteiger partial charge in [0.15, 0.2) is 5.78 Å². The molecule has 2 N–H and O–H groups in total. The molecule has 0 heterocycles. The summed E-state index contributed by atoms with van der Waals surface area (Å²) in [5.74, 6) is -0.133. The lowest BCUT2D eigenvalue weighted by molar-refractivity contribution is -0.115. The number of carbonyl (C=O) groups is 2. The van der Waals surface area contributed by atoms with Crippen LogP contribution in [0.25, 0.3) is 0 Å². The van der Waals surface area contributed by atoms with Crippen molar-refractivity contribution in [1.29, 1.82) is 0 Å². The molecule has 0 aromatic heterocycles. The smallest absolute Gasteiger partial charge is 0.228 e. The Balaban J connectivity index is 2.08. The summed E-state index contributed by atoms with van der Waals surface area (Å²) >= 11 is 0. The van der Waals surface area contributed by atoms with Gasteiger partial charge in [0.1, 0.15) is 5.75 Å². The van der Waals surface area contributed by atoms with Crippen molar-refractivity contribution >= 4 is 17.4 Å². The molecule has 2 aromatic rings. The van der Waals surface area contributed by atoms with Crippen molar-refractivity contribution < 1.29 is 14.7 Å². The molecule has 0 saturated carbocycles. The minimum Gasteiger partial charge on any atom is -0.508 e. The lowest BCUT2D eigenvalue weighted by Gasteiger charge is -2.09. The van der Waals surface area contributed by atoms with E-state index in [-0.39, 0.29) is 23.9 Å². The van der Waals surface area contributed by atoms with Gasteiger partial charge in [-0.3, -0.25) is 9.59 Å². The molecule has 4 nitrogen and oxygen atoms in total. The van der Waals surface area contributed by atoms with Crippen LogP contribution in [0.5, 0.6) is 5.75 Å². The highest BCUT2D eigenvalue weighted by Crippen LogP contribution is 2.16. The van der Waals surface area contributed by atoms with Gasteiger partial charge < -0.3 is 10.4 Å².